The number of unbranched alkanes of at least 4 members (excludes halogenated alkanes) is 1. The predicted molar refractivity (Wildman–Crippen MR) is 121 cm³/mol. The van der Waals surface area contributed by atoms with Crippen LogP contribution in [-0.2, 0) is 12.8 Å². The van der Waals surface area contributed by atoms with Gasteiger partial charge in [0.15, 0.2) is 0 Å². The Morgan fingerprint density at radius 3 is 2.80 bits per heavy atom. The zero-order valence-corrected chi connectivity index (χ0v) is 17.8. The van der Waals surface area contributed by atoms with Gasteiger partial charge in [-0.1, -0.05) is 12.1 Å². The van der Waals surface area contributed by atoms with Crippen LogP contribution in [0.15, 0.2) is 60.2 Å². The van der Waals surface area contributed by atoms with Crippen LogP contribution in [0.4, 0.5) is 0 Å². The molecule has 0 saturated carbocycles. The number of H-pyrrole nitrogens is 1. The minimum Gasteiger partial charge on any atom is -0.497 e. The van der Waals surface area contributed by atoms with Crippen molar-refractivity contribution < 1.29 is 9.53 Å². The highest BCUT2D eigenvalue weighted by Gasteiger charge is 2.14. The minimum absolute atomic E-state index is 0.0174. The zero-order chi connectivity index (χ0) is 20.8. The molecule has 0 saturated heterocycles. The molecule has 1 aromatic carbocycles. The first-order valence-corrected chi connectivity index (χ1v) is 11.0. The van der Waals surface area contributed by atoms with Crippen molar-refractivity contribution in [3.05, 3.63) is 81.8 Å². The number of fused-ring (bicyclic) bond motifs is 1. The number of methoxy groups -OCH3 is 1. The lowest BCUT2D eigenvalue weighted by molar-refractivity contribution is 0.0956. The molecule has 0 spiro atoms. The Morgan fingerprint density at radius 2 is 1.97 bits per heavy atom. The van der Waals surface area contributed by atoms with Gasteiger partial charge in [0.05, 0.1) is 12.0 Å². The second-order valence-electron chi connectivity index (χ2n) is 7.22. The van der Waals surface area contributed by atoms with Crippen molar-refractivity contribution in [3.8, 4) is 5.75 Å². The first-order chi connectivity index (χ1) is 14.7. The van der Waals surface area contributed by atoms with Crippen LogP contribution in [0.25, 0.3) is 11.0 Å². The Balaban J connectivity index is 1.28. The summed E-state index contributed by atoms with van der Waals surface area (Å²) in [7, 11) is 1.68. The third-order valence-corrected chi connectivity index (χ3v) is 6.18. The molecule has 6 heteroatoms. The van der Waals surface area contributed by atoms with Crippen LogP contribution in [0.1, 0.15) is 39.2 Å². The molecular weight excluding hydrogens is 394 g/mol. The van der Waals surface area contributed by atoms with Crippen LogP contribution in [0.3, 0.4) is 0 Å². The molecule has 30 heavy (non-hydrogen) atoms. The van der Waals surface area contributed by atoms with Crippen LogP contribution in [-0.4, -0.2) is 29.5 Å². The summed E-state index contributed by atoms with van der Waals surface area (Å²) in [6.07, 6.45) is 7.41. The number of nitrogens with one attached hydrogen (secondary N) is 2. The highest BCUT2D eigenvalue weighted by atomic mass is 32.1. The zero-order valence-electron chi connectivity index (χ0n) is 17.0. The molecule has 1 amide bonds. The molecule has 4 aromatic rings. The van der Waals surface area contributed by atoms with E-state index in [0.29, 0.717) is 6.54 Å². The van der Waals surface area contributed by atoms with Gasteiger partial charge in [0, 0.05) is 24.3 Å². The Hall–Kier alpha value is -3.12. The van der Waals surface area contributed by atoms with Crippen LogP contribution >= 0.6 is 11.3 Å². The number of benzene rings is 1. The van der Waals surface area contributed by atoms with E-state index >= 15 is 0 Å². The molecule has 5 nitrogen and oxygen atoms in total. The van der Waals surface area contributed by atoms with Crippen LogP contribution < -0.4 is 10.1 Å². The lowest BCUT2D eigenvalue weighted by Crippen LogP contribution is -2.24. The normalized spacial score (nSPS) is 11.0. The maximum atomic E-state index is 12.7. The van der Waals surface area contributed by atoms with Crippen LogP contribution in [0.2, 0.25) is 0 Å². The summed E-state index contributed by atoms with van der Waals surface area (Å²) in [5.74, 6) is 0.894. The predicted octanol–water partition coefficient (Wildman–Crippen LogP) is 4.98. The Morgan fingerprint density at radius 1 is 1.10 bits per heavy atom. The highest BCUT2D eigenvalue weighted by Crippen LogP contribution is 2.24. The minimum atomic E-state index is 0.0174. The molecule has 0 bridgehead atoms. The summed E-state index contributed by atoms with van der Waals surface area (Å²) < 4.78 is 5.19. The first kappa shape index (κ1) is 20.2. The number of aromatic amines is 1. The number of carbonyl (C=O) groups excluding carboxylic acids is 1. The van der Waals surface area contributed by atoms with E-state index < -0.39 is 0 Å². The van der Waals surface area contributed by atoms with Crippen molar-refractivity contribution in [2.24, 2.45) is 0 Å². The molecule has 4 rings (SSSR count). The van der Waals surface area contributed by atoms with Gasteiger partial charge in [-0.25, -0.2) is 4.98 Å². The highest BCUT2D eigenvalue weighted by molar-refractivity contribution is 7.12. The number of aryl methyl sites for hydroxylation is 1. The van der Waals surface area contributed by atoms with Gasteiger partial charge in [0.2, 0.25) is 0 Å². The van der Waals surface area contributed by atoms with E-state index in [2.05, 4.69) is 27.4 Å². The van der Waals surface area contributed by atoms with E-state index in [0.717, 1.165) is 52.9 Å². The monoisotopic (exact) mass is 419 g/mol. The molecule has 0 atom stereocenters. The SMILES string of the molecule is COc1ccc(CCCCNC(=O)c2sccc2Cc2ccnc3[nH]ccc23)cc1. The topological polar surface area (TPSA) is 67.0 Å². The van der Waals surface area contributed by atoms with E-state index in [1.807, 2.05) is 48.1 Å². The standard InChI is InChI=1S/C24H25N3O2S/c1-29-20-7-5-17(6-8-20)4-2-3-12-27-24(28)22-19(11-15-30-22)16-18-9-13-25-23-21(18)10-14-26-23/h5-11,13-15H,2-4,12,16H2,1H3,(H,25,26)(H,27,28). The van der Waals surface area contributed by atoms with E-state index in [9.17, 15) is 4.79 Å². The van der Waals surface area contributed by atoms with Gasteiger partial charge in [-0.2, -0.15) is 0 Å². The number of pyridine rings is 1. The molecule has 0 fully saturated rings. The van der Waals surface area contributed by atoms with Crippen molar-refractivity contribution >= 4 is 28.3 Å². The fraction of sp³-hybridized carbons (Fsp3) is 0.250. The van der Waals surface area contributed by atoms with E-state index in [1.54, 1.807) is 7.11 Å². The summed E-state index contributed by atoms with van der Waals surface area (Å²) in [5.41, 5.74) is 4.40. The number of hydrogen-bond acceptors (Lipinski definition) is 4. The number of ether oxygens (including phenoxy) is 1. The van der Waals surface area contributed by atoms with Crippen molar-refractivity contribution in [2.45, 2.75) is 25.7 Å². The van der Waals surface area contributed by atoms with Gasteiger partial charge >= 0.3 is 0 Å². The first-order valence-electron chi connectivity index (χ1n) is 10.1. The van der Waals surface area contributed by atoms with Crippen molar-refractivity contribution in [3.63, 3.8) is 0 Å². The second kappa shape index (κ2) is 9.59. The largest absolute Gasteiger partial charge is 0.497 e. The number of carbonyl (C=O) groups is 1. The summed E-state index contributed by atoms with van der Waals surface area (Å²) in [6.45, 7) is 0.684. The molecule has 0 aliphatic heterocycles. The van der Waals surface area contributed by atoms with E-state index in [-0.39, 0.29) is 5.91 Å². The van der Waals surface area contributed by atoms with Gasteiger partial charge in [-0.3, -0.25) is 4.79 Å². The second-order valence-corrected chi connectivity index (χ2v) is 8.14. The third-order valence-electron chi connectivity index (χ3n) is 5.22. The van der Waals surface area contributed by atoms with Gasteiger partial charge in [-0.05, 0) is 78.1 Å². The fourth-order valence-electron chi connectivity index (χ4n) is 3.58. The number of thiophene rings is 1. The molecule has 3 heterocycles. The lowest BCUT2D eigenvalue weighted by atomic mass is 10.0. The number of rotatable bonds is 9. The fourth-order valence-corrected chi connectivity index (χ4v) is 4.42. The van der Waals surface area contributed by atoms with Gasteiger partial charge in [0.1, 0.15) is 11.4 Å². The summed E-state index contributed by atoms with van der Waals surface area (Å²) in [4.78, 5) is 21.0. The van der Waals surface area contributed by atoms with Crippen molar-refractivity contribution in [1.82, 2.24) is 15.3 Å². The molecule has 0 aliphatic carbocycles. The molecular formula is C24H25N3O2S. The Labute approximate surface area is 180 Å². The van der Waals surface area contributed by atoms with Crippen molar-refractivity contribution in [2.75, 3.05) is 13.7 Å². The number of hydrogen-bond donors (Lipinski definition) is 2. The molecule has 3 aromatic heterocycles. The average Bonchev–Trinajstić information content (AvgIpc) is 3.44. The maximum absolute atomic E-state index is 12.7. The van der Waals surface area contributed by atoms with E-state index in [1.165, 1.54) is 22.5 Å². The summed E-state index contributed by atoms with van der Waals surface area (Å²) in [5, 5.41) is 6.18. The summed E-state index contributed by atoms with van der Waals surface area (Å²) >= 11 is 1.50. The smallest absolute Gasteiger partial charge is 0.261 e. The Kier molecular flexibility index (Phi) is 6.44. The third kappa shape index (κ3) is 4.71. The van der Waals surface area contributed by atoms with Crippen LogP contribution in [0.5, 0.6) is 5.75 Å². The average molecular weight is 420 g/mol. The van der Waals surface area contributed by atoms with E-state index in [4.69, 9.17) is 4.74 Å². The van der Waals surface area contributed by atoms with Gasteiger partial charge in [-0.15, -0.1) is 11.3 Å². The Bertz CT molecular complexity index is 1110. The maximum Gasteiger partial charge on any atom is 0.261 e. The molecule has 0 unspecified atom stereocenters. The molecule has 0 aliphatic rings. The molecule has 2 N–H and O–H groups in total. The van der Waals surface area contributed by atoms with Crippen LogP contribution in [0, 0.1) is 0 Å². The number of nitrogens with zero attached hydrogens (tertiary/aromatic N) is 1. The molecule has 154 valence electrons. The number of amides is 1. The molecule has 0 radical (unpaired) electrons. The van der Waals surface area contributed by atoms with Gasteiger partial charge in [0.25, 0.3) is 5.91 Å². The summed E-state index contributed by atoms with van der Waals surface area (Å²) in [6, 6.07) is 14.3. The number of aromatic nitrogens is 2. The quantitative estimate of drug-likeness (QED) is 0.376. The van der Waals surface area contributed by atoms with Crippen molar-refractivity contribution in [1.29, 1.82) is 0 Å². The lowest BCUT2D eigenvalue weighted by Gasteiger charge is -2.08. The van der Waals surface area contributed by atoms with Gasteiger partial charge < -0.3 is 15.0 Å².